The first-order valence-electron chi connectivity index (χ1n) is 9.17. The van der Waals surface area contributed by atoms with Gasteiger partial charge in [-0.05, 0) is 12.8 Å². The molecule has 29 heavy (non-hydrogen) atoms. The Kier molecular flexibility index (Phi) is 23.9. The Morgan fingerprint density at radius 2 is 0.724 bits per heavy atom. The second-order valence-electron chi connectivity index (χ2n) is 6.51. The molecule has 0 bridgehead atoms. The molecule has 0 saturated carbocycles. The van der Waals surface area contributed by atoms with Crippen molar-refractivity contribution in [3.63, 3.8) is 0 Å². The van der Waals surface area contributed by atoms with E-state index in [-0.39, 0.29) is 72.0 Å². The van der Waals surface area contributed by atoms with Gasteiger partial charge in [0.2, 0.25) is 0 Å². The van der Waals surface area contributed by atoms with Crippen LogP contribution in [0.25, 0.3) is 0 Å². The Hall–Kier alpha value is 1.24. The van der Waals surface area contributed by atoms with Crippen LogP contribution in [0.4, 0.5) is 0 Å². The van der Waals surface area contributed by atoms with Crippen LogP contribution in [0.2, 0.25) is 0 Å². The zero-order valence-corrected chi connectivity index (χ0v) is 17.3. The molecule has 0 spiro atoms. The van der Waals surface area contributed by atoms with Crippen LogP contribution in [0.1, 0.15) is 83.5 Å². The van der Waals surface area contributed by atoms with Crippen LogP contribution in [-0.4, -0.2) is 100 Å². The monoisotopic (exact) mass is 478 g/mol. The van der Waals surface area contributed by atoms with Crippen LogP contribution in [0.5, 0.6) is 0 Å². The Morgan fingerprint density at radius 1 is 0.517 bits per heavy atom. The van der Waals surface area contributed by atoms with E-state index in [0.29, 0.717) is 12.8 Å². The molecule has 0 aliphatic carbocycles. The summed E-state index contributed by atoms with van der Waals surface area (Å²) >= 11 is 0. The molecule has 0 aliphatic heterocycles. The molecule has 0 aromatic rings. The summed E-state index contributed by atoms with van der Waals surface area (Å²) in [5, 5.41) is 22.5. The van der Waals surface area contributed by atoms with Crippen molar-refractivity contribution in [3.8, 4) is 0 Å². The van der Waals surface area contributed by atoms with Gasteiger partial charge in [0, 0.05) is 12.8 Å². The van der Waals surface area contributed by atoms with Gasteiger partial charge in [-0.1, -0.05) is 68.1 Å². The van der Waals surface area contributed by atoms with Crippen molar-refractivity contribution in [1.29, 1.82) is 0 Å². The van der Waals surface area contributed by atoms with Gasteiger partial charge in [-0.15, -0.1) is 0 Å². The SMILES string of the molecule is O=P(O)(O)/C(CCCCCCCCCCCCC/C(=N\O)P(=O)(O)O)=N\O.[NaH].[NaH]. The Morgan fingerprint density at radius 3 is 0.897 bits per heavy atom. The van der Waals surface area contributed by atoms with Crippen molar-refractivity contribution in [1.82, 2.24) is 0 Å². The number of rotatable bonds is 16. The van der Waals surface area contributed by atoms with E-state index in [4.69, 9.17) is 30.0 Å². The predicted octanol–water partition coefficient (Wildman–Crippen LogP) is 2.69. The van der Waals surface area contributed by atoms with Gasteiger partial charge in [0.25, 0.3) is 0 Å². The number of hydrogen-bond donors (Lipinski definition) is 6. The average Bonchev–Trinajstić information content (AvgIpc) is 2.56. The Balaban J connectivity index is -0.00000338. The molecule has 164 valence electrons. The van der Waals surface area contributed by atoms with E-state index in [9.17, 15) is 9.13 Å². The van der Waals surface area contributed by atoms with Crippen LogP contribution in [-0.2, 0) is 9.13 Å². The maximum atomic E-state index is 10.9. The molecular formula is C15H34N2Na2O8P2. The molecule has 0 aliphatic rings. The number of nitrogens with zero attached hydrogens (tertiary/aromatic N) is 2. The third-order valence-corrected chi connectivity index (χ3v) is 6.18. The van der Waals surface area contributed by atoms with Crippen LogP contribution in [0.15, 0.2) is 10.3 Å². The molecule has 10 nitrogen and oxygen atoms in total. The molecule has 0 heterocycles. The average molecular weight is 478 g/mol. The fourth-order valence-electron chi connectivity index (χ4n) is 2.67. The first-order valence-corrected chi connectivity index (χ1v) is 12.4. The molecule has 0 fully saturated rings. The number of unbranched alkanes of at least 4 members (excludes halogenated alkanes) is 10. The van der Waals surface area contributed by atoms with Gasteiger partial charge in [0.15, 0.2) is 10.9 Å². The van der Waals surface area contributed by atoms with Crippen molar-refractivity contribution in [3.05, 3.63) is 0 Å². The maximum absolute atomic E-state index is 10.9. The summed E-state index contributed by atoms with van der Waals surface area (Å²) in [7, 11) is -8.86. The minimum atomic E-state index is -4.43. The van der Waals surface area contributed by atoms with E-state index in [1.165, 1.54) is 0 Å². The molecular weight excluding hydrogens is 444 g/mol. The molecule has 0 saturated heterocycles. The van der Waals surface area contributed by atoms with Crippen molar-refractivity contribution in [2.24, 2.45) is 10.3 Å². The quantitative estimate of drug-likeness (QED) is 0.0489. The zero-order chi connectivity index (χ0) is 20.8. The molecule has 14 heteroatoms. The minimum absolute atomic E-state index is 0. The van der Waals surface area contributed by atoms with Crippen LogP contribution in [0, 0.1) is 0 Å². The Bertz CT molecular complexity index is 519. The van der Waals surface area contributed by atoms with Crippen LogP contribution < -0.4 is 0 Å². The van der Waals surface area contributed by atoms with Gasteiger partial charge in [-0.25, -0.2) is 0 Å². The van der Waals surface area contributed by atoms with Crippen molar-refractivity contribution < 1.29 is 39.1 Å². The van der Waals surface area contributed by atoms with Gasteiger partial charge in [0.1, 0.15) is 0 Å². The third-order valence-electron chi connectivity index (χ3n) is 4.20. The topological polar surface area (TPSA) is 180 Å². The number of hydrogen-bond acceptors (Lipinski definition) is 6. The summed E-state index contributed by atoms with van der Waals surface area (Å²) < 4.78 is 21.9. The van der Waals surface area contributed by atoms with E-state index in [0.717, 1.165) is 57.8 Å². The van der Waals surface area contributed by atoms with Crippen LogP contribution in [0.3, 0.4) is 0 Å². The Labute approximate surface area is 216 Å². The molecule has 6 N–H and O–H groups in total. The fourth-order valence-corrected chi connectivity index (χ4v) is 3.80. The molecule has 0 amide bonds. The summed E-state index contributed by atoms with van der Waals surface area (Å²) in [5.74, 6) is 0. The van der Waals surface area contributed by atoms with Gasteiger partial charge in [-0.2, -0.15) is 0 Å². The van der Waals surface area contributed by atoms with Gasteiger partial charge in [-0.3, -0.25) is 9.13 Å². The van der Waals surface area contributed by atoms with E-state index >= 15 is 0 Å². The zero-order valence-electron chi connectivity index (χ0n) is 15.5. The molecule has 0 aromatic heterocycles. The first-order chi connectivity index (χ1) is 12.6. The second-order valence-corrected chi connectivity index (χ2v) is 9.72. The van der Waals surface area contributed by atoms with E-state index in [1.54, 1.807) is 0 Å². The molecule has 0 radical (unpaired) electrons. The van der Waals surface area contributed by atoms with Crippen molar-refractivity contribution in [2.45, 2.75) is 83.5 Å². The van der Waals surface area contributed by atoms with E-state index in [2.05, 4.69) is 10.3 Å². The summed E-state index contributed by atoms with van der Waals surface area (Å²) in [6.45, 7) is 0. The summed E-state index contributed by atoms with van der Waals surface area (Å²) in [5.41, 5.74) is -0.915. The molecule has 0 atom stereocenters. The van der Waals surface area contributed by atoms with Gasteiger partial charge in [0.05, 0.1) is 0 Å². The summed E-state index contributed by atoms with van der Waals surface area (Å²) in [4.78, 5) is 35.6. The molecule has 0 rings (SSSR count). The fraction of sp³-hybridized carbons (Fsp3) is 0.867. The van der Waals surface area contributed by atoms with Crippen molar-refractivity contribution in [2.75, 3.05) is 0 Å². The van der Waals surface area contributed by atoms with Gasteiger partial charge < -0.3 is 30.0 Å². The molecule has 0 aromatic carbocycles. The van der Waals surface area contributed by atoms with Crippen molar-refractivity contribution >= 4 is 85.2 Å². The number of oxime groups is 2. The normalized spacial score (nSPS) is 13.0. The predicted molar refractivity (Wildman–Crippen MR) is 117 cm³/mol. The standard InChI is InChI=1S/C15H32N2O8P2.2Na.2H/c18-16-14(26(20,21)22)12-10-8-6-4-2-1-3-5-7-9-11-13-15(17-19)27(23,24)25;;;;/h18-19H,1-13H2,(H2,20,21,22)(H2,23,24,25);;;;/b16-14-,17-15+;;;;. The first kappa shape index (κ1) is 34.8. The van der Waals surface area contributed by atoms with Gasteiger partial charge >= 0.3 is 74.3 Å². The molecule has 0 unspecified atom stereocenters. The van der Waals surface area contributed by atoms with E-state index < -0.39 is 26.1 Å². The van der Waals surface area contributed by atoms with E-state index in [1.807, 2.05) is 0 Å². The second kappa shape index (κ2) is 19.9. The third kappa shape index (κ3) is 19.6. The summed E-state index contributed by atoms with van der Waals surface area (Å²) in [6.07, 6.45) is 10.3. The van der Waals surface area contributed by atoms with Crippen LogP contribution >= 0.6 is 15.2 Å². The summed E-state index contributed by atoms with van der Waals surface area (Å²) in [6, 6.07) is 0.